The summed E-state index contributed by atoms with van der Waals surface area (Å²) in [4.78, 5) is 29.5. The summed E-state index contributed by atoms with van der Waals surface area (Å²) in [6.45, 7) is 5.27. The number of nitrogens with zero attached hydrogens (tertiary/aromatic N) is 4. The van der Waals surface area contributed by atoms with Crippen molar-refractivity contribution < 1.29 is 27.5 Å². The summed E-state index contributed by atoms with van der Waals surface area (Å²) in [7, 11) is 0. The molecule has 0 saturated carbocycles. The molecule has 3 aromatic rings. The minimum absolute atomic E-state index is 0.0510. The number of benzene rings is 1. The first-order valence-corrected chi connectivity index (χ1v) is 10.5. The molecule has 0 unspecified atom stereocenters. The Hall–Kier alpha value is -3.21. The number of hydrogen-bond donors (Lipinski definition) is 0. The highest BCUT2D eigenvalue weighted by Gasteiger charge is 2.31. The third-order valence-electron chi connectivity index (χ3n) is 4.49. The van der Waals surface area contributed by atoms with Gasteiger partial charge in [0.05, 0.1) is 35.6 Å². The largest absolute Gasteiger partial charge is 0.459 e. The predicted octanol–water partition coefficient (Wildman–Crippen LogP) is 4.79. The van der Waals surface area contributed by atoms with Crippen LogP contribution in [0.4, 0.5) is 24.0 Å². The number of amides is 1. The van der Waals surface area contributed by atoms with Crippen molar-refractivity contribution in [1.82, 2.24) is 14.8 Å². The van der Waals surface area contributed by atoms with Crippen LogP contribution in [0.5, 0.6) is 0 Å². The lowest BCUT2D eigenvalue weighted by molar-refractivity contribution is -0.145. The number of alkyl halides is 3. The maximum atomic E-state index is 13.0. The van der Waals surface area contributed by atoms with Crippen molar-refractivity contribution in [2.75, 3.05) is 4.90 Å². The van der Waals surface area contributed by atoms with Crippen molar-refractivity contribution in [1.29, 1.82) is 0 Å². The van der Waals surface area contributed by atoms with E-state index >= 15 is 0 Å². The Bertz CT molecular complexity index is 1120. The van der Waals surface area contributed by atoms with E-state index in [1.807, 2.05) is 19.9 Å². The van der Waals surface area contributed by atoms with Crippen LogP contribution in [0.1, 0.15) is 36.0 Å². The minimum Gasteiger partial charge on any atom is -0.459 e. The molecule has 0 aliphatic heterocycles. The molecule has 0 fully saturated rings. The first kappa shape index (κ1) is 23.5. The molecule has 3 rings (SSSR count). The summed E-state index contributed by atoms with van der Waals surface area (Å²) in [5.74, 6) is -0.930. The van der Waals surface area contributed by atoms with Gasteiger partial charge in [-0.2, -0.15) is 18.3 Å². The molecule has 0 bridgehead atoms. The van der Waals surface area contributed by atoms with Gasteiger partial charge in [0.15, 0.2) is 5.13 Å². The maximum absolute atomic E-state index is 13.0. The van der Waals surface area contributed by atoms with Crippen LogP contribution >= 0.6 is 11.3 Å². The van der Waals surface area contributed by atoms with Crippen LogP contribution in [0.25, 0.3) is 0 Å². The second-order valence-corrected chi connectivity index (χ2v) is 7.92. The molecule has 0 aliphatic carbocycles. The maximum Gasteiger partial charge on any atom is 0.416 e. The summed E-state index contributed by atoms with van der Waals surface area (Å²) in [6.07, 6.45) is -4.41. The number of carbonyl (C=O) groups excluding carboxylic acids is 2. The Balaban J connectivity index is 1.65. The van der Waals surface area contributed by atoms with Gasteiger partial charge in [-0.15, -0.1) is 11.3 Å². The van der Waals surface area contributed by atoms with Gasteiger partial charge >= 0.3 is 12.1 Å². The van der Waals surface area contributed by atoms with Crippen molar-refractivity contribution in [3.05, 3.63) is 58.4 Å². The zero-order chi connectivity index (χ0) is 23.5. The van der Waals surface area contributed by atoms with Crippen molar-refractivity contribution in [3.8, 4) is 0 Å². The lowest BCUT2D eigenvalue weighted by atomic mass is 10.2. The Kier molecular flexibility index (Phi) is 6.97. The number of anilines is 2. The average molecular weight is 466 g/mol. The topological polar surface area (TPSA) is 77.3 Å². The van der Waals surface area contributed by atoms with Crippen LogP contribution < -0.4 is 4.90 Å². The molecular weight excluding hydrogens is 445 g/mol. The first-order valence-electron chi connectivity index (χ1n) is 9.63. The van der Waals surface area contributed by atoms with Gasteiger partial charge in [0, 0.05) is 18.0 Å². The van der Waals surface area contributed by atoms with E-state index in [1.165, 1.54) is 19.1 Å². The molecule has 170 valence electrons. The van der Waals surface area contributed by atoms with E-state index in [0.29, 0.717) is 12.2 Å². The van der Waals surface area contributed by atoms with Gasteiger partial charge in [-0.25, -0.2) is 4.98 Å². The van der Waals surface area contributed by atoms with Crippen LogP contribution in [-0.4, -0.2) is 26.6 Å². The number of aromatic nitrogens is 3. The number of aryl methyl sites for hydroxylation is 3. The van der Waals surface area contributed by atoms with Gasteiger partial charge < -0.3 is 4.74 Å². The van der Waals surface area contributed by atoms with E-state index in [9.17, 15) is 22.8 Å². The summed E-state index contributed by atoms with van der Waals surface area (Å²) >= 11 is 1.07. The predicted molar refractivity (Wildman–Crippen MR) is 112 cm³/mol. The fourth-order valence-electron chi connectivity index (χ4n) is 3.04. The zero-order valence-corrected chi connectivity index (χ0v) is 18.5. The molecule has 0 aliphatic rings. The third-order valence-corrected chi connectivity index (χ3v) is 5.36. The van der Waals surface area contributed by atoms with Gasteiger partial charge in [-0.05, 0) is 38.1 Å². The quantitative estimate of drug-likeness (QED) is 0.468. The van der Waals surface area contributed by atoms with E-state index in [0.717, 1.165) is 39.8 Å². The molecule has 2 aromatic heterocycles. The SMILES string of the molecule is CC(=O)N(c1cccc(C(F)(F)F)c1)c1nc(COC(=O)CCn2nc(C)cc2C)cs1. The van der Waals surface area contributed by atoms with E-state index in [1.54, 1.807) is 10.1 Å². The van der Waals surface area contributed by atoms with Gasteiger partial charge in [0.2, 0.25) is 5.91 Å². The number of hydrogen-bond acceptors (Lipinski definition) is 6. The molecule has 0 saturated heterocycles. The number of halogens is 3. The molecule has 7 nitrogen and oxygen atoms in total. The van der Waals surface area contributed by atoms with Gasteiger partial charge in [0.1, 0.15) is 6.61 Å². The Morgan fingerprint density at radius 3 is 2.59 bits per heavy atom. The monoisotopic (exact) mass is 466 g/mol. The van der Waals surface area contributed by atoms with Crippen LogP contribution in [-0.2, 0) is 33.7 Å². The Morgan fingerprint density at radius 1 is 1.22 bits per heavy atom. The van der Waals surface area contributed by atoms with Crippen molar-refractivity contribution in [2.24, 2.45) is 0 Å². The summed E-state index contributed by atoms with van der Waals surface area (Å²) in [6, 6.07) is 6.36. The third kappa shape index (κ3) is 5.72. The zero-order valence-electron chi connectivity index (χ0n) is 17.6. The van der Waals surface area contributed by atoms with Crippen LogP contribution in [0.2, 0.25) is 0 Å². The van der Waals surface area contributed by atoms with E-state index in [4.69, 9.17) is 4.74 Å². The normalized spacial score (nSPS) is 11.4. The molecule has 1 aromatic carbocycles. The van der Waals surface area contributed by atoms with E-state index in [-0.39, 0.29) is 23.8 Å². The standard InChI is InChI=1S/C21H21F3N4O3S/c1-13-9-14(2)27(26-13)8-7-19(30)31-11-17-12-32-20(25-17)28(15(3)29)18-6-4-5-16(10-18)21(22,23)24/h4-6,9-10,12H,7-8,11H2,1-3H3. The fourth-order valence-corrected chi connectivity index (χ4v) is 3.91. The van der Waals surface area contributed by atoms with Crippen molar-refractivity contribution in [3.63, 3.8) is 0 Å². The molecule has 0 spiro atoms. The highest BCUT2D eigenvalue weighted by atomic mass is 32.1. The fraction of sp³-hybridized carbons (Fsp3) is 0.333. The molecule has 11 heteroatoms. The second kappa shape index (κ2) is 9.51. The number of thiazole rings is 1. The smallest absolute Gasteiger partial charge is 0.416 e. The highest BCUT2D eigenvalue weighted by molar-refractivity contribution is 7.14. The molecule has 0 radical (unpaired) electrons. The van der Waals surface area contributed by atoms with Crippen molar-refractivity contribution in [2.45, 2.75) is 46.5 Å². The number of rotatable bonds is 7. The number of ether oxygens (including phenoxy) is 1. The van der Waals surface area contributed by atoms with Gasteiger partial charge in [-0.3, -0.25) is 19.2 Å². The summed E-state index contributed by atoms with van der Waals surface area (Å²) < 4.78 is 46.1. The second-order valence-electron chi connectivity index (χ2n) is 7.08. The summed E-state index contributed by atoms with van der Waals surface area (Å²) in [5.41, 5.74) is 1.38. The van der Waals surface area contributed by atoms with Gasteiger partial charge in [-0.1, -0.05) is 6.07 Å². The van der Waals surface area contributed by atoms with Crippen LogP contribution in [0, 0.1) is 13.8 Å². The van der Waals surface area contributed by atoms with Crippen LogP contribution in [0.15, 0.2) is 35.7 Å². The van der Waals surface area contributed by atoms with E-state index < -0.39 is 23.6 Å². The molecule has 32 heavy (non-hydrogen) atoms. The highest BCUT2D eigenvalue weighted by Crippen LogP contribution is 2.35. The molecule has 1 amide bonds. The minimum atomic E-state index is -4.53. The summed E-state index contributed by atoms with van der Waals surface area (Å²) in [5, 5.41) is 6.06. The van der Waals surface area contributed by atoms with Crippen LogP contribution in [0.3, 0.4) is 0 Å². The lowest BCUT2D eigenvalue weighted by Gasteiger charge is -2.19. The van der Waals surface area contributed by atoms with Crippen molar-refractivity contribution >= 4 is 34.0 Å². The molecule has 2 heterocycles. The van der Waals surface area contributed by atoms with E-state index in [2.05, 4.69) is 10.1 Å². The lowest BCUT2D eigenvalue weighted by Crippen LogP contribution is -2.23. The first-order chi connectivity index (χ1) is 15.0. The molecular formula is C21H21F3N4O3S. The Morgan fingerprint density at radius 2 is 1.97 bits per heavy atom. The number of carbonyl (C=O) groups is 2. The van der Waals surface area contributed by atoms with Gasteiger partial charge in [0.25, 0.3) is 0 Å². The molecule has 0 N–H and O–H groups in total. The average Bonchev–Trinajstić information content (AvgIpc) is 3.30. The molecule has 0 atom stereocenters. The Labute approximate surface area is 186 Å². The number of esters is 1.